The molecule has 1 aromatic carbocycles. The molecule has 0 aliphatic heterocycles. The second kappa shape index (κ2) is 7.13. The summed E-state index contributed by atoms with van der Waals surface area (Å²) in [6, 6.07) is 6.56. The van der Waals surface area contributed by atoms with E-state index in [4.69, 9.17) is 0 Å². The highest BCUT2D eigenvalue weighted by atomic mass is 32.2. The van der Waals surface area contributed by atoms with E-state index < -0.39 is 10.0 Å². The number of hydrogen-bond acceptors (Lipinski definition) is 3. The lowest BCUT2D eigenvalue weighted by atomic mass is 9.47. The fourth-order valence-electron chi connectivity index (χ4n) is 6.54. The zero-order valence-corrected chi connectivity index (χ0v) is 18.0. The van der Waals surface area contributed by atoms with Gasteiger partial charge in [-0.05, 0) is 86.3 Å². The second-order valence-electron chi connectivity index (χ2n) is 9.53. The van der Waals surface area contributed by atoms with Crippen LogP contribution in [0.3, 0.4) is 0 Å². The van der Waals surface area contributed by atoms with E-state index in [1.807, 2.05) is 0 Å². The molecule has 5 nitrogen and oxygen atoms in total. The predicted molar refractivity (Wildman–Crippen MR) is 109 cm³/mol. The Balaban J connectivity index is 1.55. The topological polar surface area (TPSA) is 66.5 Å². The molecule has 0 saturated heterocycles. The lowest BCUT2D eigenvalue weighted by molar-refractivity contribution is -0.0727. The maximum absolute atomic E-state index is 13.0. The van der Waals surface area contributed by atoms with Crippen molar-refractivity contribution in [2.45, 2.75) is 62.8 Å². The standard InChI is InChI=1S/C22H32N2O3S/c1-4-20(22-12-15-8-16(13-22)10-17(9-15)14-22)23-21(25)18-6-5-7-19(11-18)28(26,27)24(2)3/h5-7,11,15-17,20H,4,8-10,12-14H2,1-3H3,(H,23,25)/t15?,16?,17?,20-,22?/m0/s1. The van der Waals surface area contributed by atoms with E-state index in [0.717, 1.165) is 24.2 Å². The van der Waals surface area contributed by atoms with Crippen molar-refractivity contribution in [2.24, 2.45) is 23.2 Å². The third-order valence-electron chi connectivity index (χ3n) is 7.41. The van der Waals surface area contributed by atoms with Gasteiger partial charge in [0, 0.05) is 25.7 Å². The first-order chi connectivity index (χ1) is 13.2. The van der Waals surface area contributed by atoms with Gasteiger partial charge in [-0.15, -0.1) is 0 Å². The van der Waals surface area contributed by atoms with Crippen LogP contribution in [0.5, 0.6) is 0 Å². The van der Waals surface area contributed by atoms with Gasteiger partial charge in [-0.1, -0.05) is 13.0 Å². The average Bonchev–Trinajstić information content (AvgIpc) is 2.64. The van der Waals surface area contributed by atoms with Crippen LogP contribution in [0.1, 0.15) is 62.2 Å². The van der Waals surface area contributed by atoms with Crippen LogP contribution >= 0.6 is 0 Å². The molecular formula is C22H32N2O3S. The van der Waals surface area contributed by atoms with Gasteiger partial charge >= 0.3 is 0 Å². The molecular weight excluding hydrogens is 372 g/mol. The van der Waals surface area contributed by atoms with Crippen LogP contribution in [-0.2, 0) is 10.0 Å². The fourth-order valence-corrected chi connectivity index (χ4v) is 7.49. The number of rotatable bonds is 6. The zero-order chi connectivity index (χ0) is 20.1. The van der Waals surface area contributed by atoms with Crippen molar-refractivity contribution < 1.29 is 13.2 Å². The lowest BCUT2D eigenvalue weighted by Gasteiger charge is -2.59. The summed E-state index contributed by atoms with van der Waals surface area (Å²) in [6.07, 6.45) is 8.80. The summed E-state index contributed by atoms with van der Waals surface area (Å²) in [5.74, 6) is 2.36. The third kappa shape index (κ3) is 3.39. The highest BCUT2D eigenvalue weighted by Crippen LogP contribution is 2.61. The molecule has 0 radical (unpaired) electrons. The Bertz CT molecular complexity index is 827. The first-order valence-electron chi connectivity index (χ1n) is 10.6. The van der Waals surface area contributed by atoms with E-state index in [0.29, 0.717) is 5.56 Å². The number of nitrogens with one attached hydrogen (secondary N) is 1. The first kappa shape index (κ1) is 19.9. The molecule has 0 aromatic heterocycles. The fraction of sp³-hybridized carbons (Fsp3) is 0.682. The molecule has 1 amide bonds. The number of carbonyl (C=O) groups is 1. The first-order valence-corrected chi connectivity index (χ1v) is 12.0. The Kier molecular flexibility index (Phi) is 5.07. The largest absolute Gasteiger partial charge is 0.349 e. The van der Waals surface area contributed by atoms with Crippen molar-refractivity contribution in [1.82, 2.24) is 9.62 Å². The average molecular weight is 405 g/mol. The molecule has 1 atom stereocenters. The molecule has 0 unspecified atom stereocenters. The number of hydrogen-bond donors (Lipinski definition) is 1. The summed E-state index contributed by atoms with van der Waals surface area (Å²) < 4.78 is 26.0. The number of nitrogens with zero attached hydrogens (tertiary/aromatic N) is 1. The van der Waals surface area contributed by atoms with Gasteiger partial charge in [-0.2, -0.15) is 0 Å². The van der Waals surface area contributed by atoms with E-state index in [1.165, 1.54) is 63.0 Å². The van der Waals surface area contributed by atoms with E-state index in [2.05, 4.69) is 12.2 Å². The molecule has 4 saturated carbocycles. The maximum atomic E-state index is 13.0. The molecule has 4 fully saturated rings. The minimum absolute atomic E-state index is 0.154. The summed E-state index contributed by atoms with van der Waals surface area (Å²) >= 11 is 0. The van der Waals surface area contributed by atoms with Gasteiger partial charge in [0.05, 0.1) is 4.90 Å². The molecule has 4 bridgehead atoms. The molecule has 28 heavy (non-hydrogen) atoms. The van der Waals surface area contributed by atoms with E-state index in [1.54, 1.807) is 18.2 Å². The van der Waals surface area contributed by atoms with Crippen LogP contribution in [0.4, 0.5) is 0 Å². The number of carbonyl (C=O) groups excluding carboxylic acids is 1. The quantitative estimate of drug-likeness (QED) is 0.787. The molecule has 154 valence electrons. The van der Waals surface area contributed by atoms with Gasteiger partial charge in [-0.3, -0.25) is 4.79 Å². The summed E-state index contributed by atoms with van der Waals surface area (Å²) in [7, 11) is -0.546. The Hall–Kier alpha value is -1.40. The summed E-state index contributed by atoms with van der Waals surface area (Å²) in [6.45, 7) is 2.16. The predicted octanol–water partition coefficient (Wildman–Crippen LogP) is 3.66. The number of amides is 1. The Labute approximate surface area is 168 Å². The summed E-state index contributed by atoms with van der Waals surface area (Å²) in [5, 5.41) is 3.30. The SMILES string of the molecule is CC[C@H](NC(=O)c1cccc(S(=O)(=O)N(C)C)c1)C12CC3CC(CC(C3)C1)C2. The second-order valence-corrected chi connectivity index (χ2v) is 11.7. The molecule has 1 aromatic rings. The molecule has 4 aliphatic carbocycles. The van der Waals surface area contributed by atoms with Gasteiger partial charge in [0.2, 0.25) is 10.0 Å². The van der Waals surface area contributed by atoms with Crippen LogP contribution in [0, 0.1) is 23.2 Å². The van der Waals surface area contributed by atoms with Gasteiger partial charge in [-0.25, -0.2) is 12.7 Å². The Morgan fingerprint density at radius 3 is 2.21 bits per heavy atom. The van der Waals surface area contributed by atoms with Gasteiger partial charge < -0.3 is 5.32 Å². The van der Waals surface area contributed by atoms with Crippen molar-refractivity contribution in [3.8, 4) is 0 Å². The van der Waals surface area contributed by atoms with E-state index >= 15 is 0 Å². The number of sulfonamides is 1. The maximum Gasteiger partial charge on any atom is 0.251 e. The van der Waals surface area contributed by atoms with Crippen LogP contribution in [0.2, 0.25) is 0 Å². The van der Waals surface area contributed by atoms with Crippen LogP contribution in [0.25, 0.3) is 0 Å². The smallest absolute Gasteiger partial charge is 0.251 e. The lowest BCUT2D eigenvalue weighted by Crippen LogP contribution is -2.56. The van der Waals surface area contributed by atoms with Crippen LogP contribution in [-0.4, -0.2) is 38.8 Å². The highest BCUT2D eigenvalue weighted by molar-refractivity contribution is 7.89. The summed E-state index contributed by atoms with van der Waals surface area (Å²) in [4.78, 5) is 13.2. The highest BCUT2D eigenvalue weighted by Gasteiger charge is 2.54. The van der Waals surface area contributed by atoms with Crippen molar-refractivity contribution in [3.63, 3.8) is 0 Å². The van der Waals surface area contributed by atoms with Crippen molar-refractivity contribution in [1.29, 1.82) is 0 Å². The normalized spacial score (nSPS) is 32.5. The third-order valence-corrected chi connectivity index (χ3v) is 9.22. The molecule has 5 rings (SSSR count). The molecule has 0 spiro atoms. The minimum Gasteiger partial charge on any atom is -0.349 e. The van der Waals surface area contributed by atoms with Crippen molar-refractivity contribution in [2.75, 3.05) is 14.1 Å². The minimum atomic E-state index is -3.55. The van der Waals surface area contributed by atoms with Crippen molar-refractivity contribution in [3.05, 3.63) is 29.8 Å². The van der Waals surface area contributed by atoms with E-state index in [9.17, 15) is 13.2 Å². The molecule has 6 heteroatoms. The molecule has 4 aliphatic rings. The van der Waals surface area contributed by atoms with Gasteiger partial charge in [0.25, 0.3) is 5.91 Å². The zero-order valence-electron chi connectivity index (χ0n) is 17.1. The van der Waals surface area contributed by atoms with Gasteiger partial charge in [0.1, 0.15) is 0 Å². The Morgan fingerprint density at radius 1 is 1.14 bits per heavy atom. The van der Waals surface area contributed by atoms with Gasteiger partial charge in [0.15, 0.2) is 0 Å². The van der Waals surface area contributed by atoms with Crippen molar-refractivity contribution >= 4 is 15.9 Å². The Morgan fingerprint density at radius 2 is 1.71 bits per heavy atom. The molecule has 1 N–H and O–H groups in total. The van der Waals surface area contributed by atoms with Crippen LogP contribution in [0.15, 0.2) is 29.2 Å². The summed E-state index contributed by atoms with van der Waals surface area (Å²) in [5.41, 5.74) is 0.665. The monoisotopic (exact) mass is 404 g/mol. The van der Waals surface area contributed by atoms with Crippen LogP contribution < -0.4 is 5.32 Å². The van der Waals surface area contributed by atoms with E-state index in [-0.39, 0.29) is 22.3 Å². The molecule has 0 heterocycles. The number of benzene rings is 1.